The number of carboxylic acids is 1. The van der Waals surface area contributed by atoms with Gasteiger partial charge in [-0.25, -0.2) is 4.79 Å². The second-order valence-electron chi connectivity index (χ2n) is 2.86. The Bertz CT molecular complexity index is 425. The van der Waals surface area contributed by atoms with Crippen molar-refractivity contribution in [1.29, 1.82) is 5.26 Å². The molecule has 1 rings (SSSR count). The van der Waals surface area contributed by atoms with Crippen molar-refractivity contribution < 1.29 is 14.6 Å². The number of carbonyl (C=O) groups is 1. The number of nitriles is 1. The van der Waals surface area contributed by atoms with Crippen molar-refractivity contribution in [2.45, 2.75) is 13.0 Å². The van der Waals surface area contributed by atoms with Crippen LogP contribution in [0.2, 0.25) is 5.02 Å². The molecule has 0 fully saturated rings. The average molecular weight is 226 g/mol. The highest BCUT2D eigenvalue weighted by Crippen LogP contribution is 2.26. The van der Waals surface area contributed by atoms with Gasteiger partial charge in [0.2, 0.25) is 0 Å². The van der Waals surface area contributed by atoms with Crippen LogP contribution >= 0.6 is 11.6 Å². The lowest BCUT2D eigenvalue weighted by molar-refractivity contribution is -0.144. The standard InChI is InChI=1S/C10H8ClNO3/c1-6(10(13)14)15-9-3-2-7(5-12)4-8(9)11/h2-4,6H,1H3,(H,13,14)/t6-/m1/s1. The van der Waals surface area contributed by atoms with Crippen molar-refractivity contribution >= 4 is 17.6 Å². The van der Waals surface area contributed by atoms with Crippen LogP contribution in [-0.4, -0.2) is 17.2 Å². The molecule has 15 heavy (non-hydrogen) atoms. The van der Waals surface area contributed by atoms with E-state index in [-0.39, 0.29) is 10.8 Å². The van der Waals surface area contributed by atoms with Gasteiger partial charge >= 0.3 is 5.97 Å². The lowest BCUT2D eigenvalue weighted by Crippen LogP contribution is -2.22. The summed E-state index contributed by atoms with van der Waals surface area (Å²) >= 11 is 5.79. The van der Waals surface area contributed by atoms with Crippen LogP contribution in [-0.2, 0) is 4.79 Å². The van der Waals surface area contributed by atoms with Gasteiger partial charge < -0.3 is 9.84 Å². The molecular weight excluding hydrogens is 218 g/mol. The molecule has 0 aliphatic heterocycles. The number of halogens is 1. The topological polar surface area (TPSA) is 70.3 Å². The fourth-order valence-corrected chi connectivity index (χ4v) is 1.13. The van der Waals surface area contributed by atoms with E-state index in [9.17, 15) is 4.79 Å². The first-order valence-electron chi connectivity index (χ1n) is 4.13. The van der Waals surface area contributed by atoms with Gasteiger partial charge in [-0.05, 0) is 25.1 Å². The van der Waals surface area contributed by atoms with Gasteiger partial charge in [0.15, 0.2) is 6.10 Å². The summed E-state index contributed by atoms with van der Waals surface area (Å²) in [5, 5.41) is 17.4. The van der Waals surface area contributed by atoms with Crippen LogP contribution in [0.3, 0.4) is 0 Å². The summed E-state index contributed by atoms with van der Waals surface area (Å²) in [6.45, 7) is 1.40. The fourth-order valence-electron chi connectivity index (χ4n) is 0.907. The third kappa shape index (κ3) is 2.86. The number of benzene rings is 1. The molecule has 0 heterocycles. The Morgan fingerprint density at radius 1 is 1.67 bits per heavy atom. The van der Waals surface area contributed by atoms with Gasteiger partial charge in [-0.15, -0.1) is 0 Å². The summed E-state index contributed by atoms with van der Waals surface area (Å²) in [6.07, 6.45) is -0.976. The predicted octanol–water partition coefficient (Wildman–Crippen LogP) is 2.06. The molecule has 0 radical (unpaired) electrons. The monoisotopic (exact) mass is 225 g/mol. The lowest BCUT2D eigenvalue weighted by Gasteiger charge is -2.11. The van der Waals surface area contributed by atoms with Crippen LogP contribution < -0.4 is 4.74 Å². The molecule has 0 aliphatic rings. The molecule has 0 aromatic heterocycles. The molecule has 78 valence electrons. The first-order chi connectivity index (χ1) is 7.04. The first kappa shape index (κ1) is 11.3. The summed E-state index contributed by atoms with van der Waals surface area (Å²) in [6, 6.07) is 6.32. The molecule has 0 saturated heterocycles. The lowest BCUT2D eigenvalue weighted by atomic mass is 10.2. The van der Waals surface area contributed by atoms with E-state index in [1.54, 1.807) is 0 Å². The van der Waals surface area contributed by atoms with Crippen LogP contribution in [0.5, 0.6) is 5.75 Å². The van der Waals surface area contributed by atoms with Gasteiger partial charge in [0, 0.05) is 0 Å². The third-order valence-corrected chi connectivity index (χ3v) is 2.01. The largest absolute Gasteiger partial charge is 0.479 e. The van der Waals surface area contributed by atoms with Crippen molar-refractivity contribution in [1.82, 2.24) is 0 Å². The van der Waals surface area contributed by atoms with E-state index >= 15 is 0 Å². The van der Waals surface area contributed by atoms with E-state index < -0.39 is 12.1 Å². The van der Waals surface area contributed by atoms with E-state index in [1.165, 1.54) is 25.1 Å². The number of rotatable bonds is 3. The SMILES string of the molecule is C[C@@H](Oc1ccc(C#N)cc1Cl)C(=O)O. The van der Waals surface area contributed by atoms with Gasteiger partial charge in [-0.1, -0.05) is 11.6 Å². The van der Waals surface area contributed by atoms with Gasteiger partial charge in [0.25, 0.3) is 0 Å². The Morgan fingerprint density at radius 3 is 2.80 bits per heavy atom. The predicted molar refractivity (Wildman–Crippen MR) is 53.9 cm³/mol. The number of hydrogen-bond donors (Lipinski definition) is 1. The maximum absolute atomic E-state index is 10.5. The second-order valence-corrected chi connectivity index (χ2v) is 3.26. The normalized spacial score (nSPS) is 11.5. The molecular formula is C10H8ClNO3. The minimum absolute atomic E-state index is 0.224. The van der Waals surface area contributed by atoms with Gasteiger partial charge in [0.05, 0.1) is 16.7 Å². The van der Waals surface area contributed by atoms with Crippen molar-refractivity contribution in [2.75, 3.05) is 0 Å². The van der Waals surface area contributed by atoms with Crippen LogP contribution in [0.15, 0.2) is 18.2 Å². The molecule has 0 aliphatic carbocycles. The minimum atomic E-state index is -1.07. The molecule has 1 aromatic carbocycles. The summed E-state index contributed by atoms with van der Waals surface area (Å²) in [5.74, 6) is -0.819. The second kappa shape index (κ2) is 4.67. The number of carboxylic acid groups (broad SMARTS) is 1. The van der Waals surface area contributed by atoms with E-state index in [0.29, 0.717) is 5.56 Å². The minimum Gasteiger partial charge on any atom is -0.479 e. The highest BCUT2D eigenvalue weighted by molar-refractivity contribution is 6.32. The summed E-state index contributed by atoms with van der Waals surface area (Å²) in [5.41, 5.74) is 0.398. The summed E-state index contributed by atoms with van der Waals surface area (Å²) in [4.78, 5) is 10.5. The number of nitrogens with zero attached hydrogens (tertiary/aromatic N) is 1. The summed E-state index contributed by atoms with van der Waals surface area (Å²) in [7, 11) is 0. The van der Waals surface area contributed by atoms with Crippen molar-refractivity contribution in [3.8, 4) is 11.8 Å². The van der Waals surface area contributed by atoms with Crippen LogP contribution in [0.4, 0.5) is 0 Å². The quantitative estimate of drug-likeness (QED) is 0.855. The maximum Gasteiger partial charge on any atom is 0.344 e. The Balaban J connectivity index is 2.88. The van der Waals surface area contributed by atoms with Gasteiger partial charge in [-0.2, -0.15) is 5.26 Å². The van der Waals surface area contributed by atoms with E-state index in [0.717, 1.165) is 0 Å². The van der Waals surface area contributed by atoms with Crippen molar-refractivity contribution in [3.05, 3.63) is 28.8 Å². The molecule has 1 aromatic rings. The average Bonchev–Trinajstić information content (AvgIpc) is 2.20. The van der Waals surface area contributed by atoms with E-state index in [2.05, 4.69) is 0 Å². The van der Waals surface area contributed by atoms with Crippen LogP contribution in [0.1, 0.15) is 12.5 Å². The Hall–Kier alpha value is -1.73. The molecule has 0 saturated carbocycles. The summed E-state index contributed by atoms with van der Waals surface area (Å²) < 4.78 is 5.07. The molecule has 1 atom stereocenters. The van der Waals surface area contributed by atoms with Gasteiger partial charge in [0.1, 0.15) is 5.75 Å². The molecule has 0 spiro atoms. The highest BCUT2D eigenvalue weighted by atomic mass is 35.5. The van der Waals surface area contributed by atoms with Crippen molar-refractivity contribution in [3.63, 3.8) is 0 Å². The van der Waals surface area contributed by atoms with Gasteiger partial charge in [-0.3, -0.25) is 0 Å². The molecule has 0 bridgehead atoms. The fraction of sp³-hybridized carbons (Fsp3) is 0.200. The number of aliphatic carboxylic acids is 1. The smallest absolute Gasteiger partial charge is 0.344 e. The van der Waals surface area contributed by atoms with Crippen molar-refractivity contribution in [2.24, 2.45) is 0 Å². The molecule has 1 N–H and O–H groups in total. The maximum atomic E-state index is 10.5. The molecule has 0 amide bonds. The first-order valence-corrected chi connectivity index (χ1v) is 4.51. The van der Waals surface area contributed by atoms with Crippen LogP contribution in [0.25, 0.3) is 0 Å². The number of hydrogen-bond acceptors (Lipinski definition) is 3. The molecule has 0 unspecified atom stereocenters. The Kier molecular flexibility index (Phi) is 3.53. The zero-order chi connectivity index (χ0) is 11.4. The van der Waals surface area contributed by atoms with E-state index in [4.69, 9.17) is 26.7 Å². The van der Waals surface area contributed by atoms with E-state index in [1.807, 2.05) is 6.07 Å². The molecule has 4 nitrogen and oxygen atoms in total. The van der Waals surface area contributed by atoms with Crippen LogP contribution in [0, 0.1) is 11.3 Å². The Labute approximate surface area is 91.7 Å². The zero-order valence-electron chi connectivity index (χ0n) is 7.90. The Morgan fingerprint density at radius 2 is 2.33 bits per heavy atom. The molecule has 5 heteroatoms. The zero-order valence-corrected chi connectivity index (χ0v) is 8.65. The number of ether oxygens (including phenoxy) is 1. The highest BCUT2D eigenvalue weighted by Gasteiger charge is 2.14. The third-order valence-electron chi connectivity index (χ3n) is 1.71.